The fraction of sp³-hybridized carbons (Fsp3) is 0.684. The highest BCUT2D eigenvalue weighted by Gasteiger charge is 2.50. The fourth-order valence-corrected chi connectivity index (χ4v) is 5.16. The summed E-state index contributed by atoms with van der Waals surface area (Å²) in [5, 5.41) is 2.90. The van der Waals surface area contributed by atoms with Crippen molar-refractivity contribution in [3.8, 4) is 0 Å². The maximum Gasteiger partial charge on any atom is 0.289 e. The lowest BCUT2D eigenvalue weighted by molar-refractivity contribution is -0.151. The number of likely N-dealkylation sites (tertiary alicyclic amines) is 1. The van der Waals surface area contributed by atoms with E-state index in [-0.39, 0.29) is 35.7 Å². The van der Waals surface area contributed by atoms with Gasteiger partial charge in [0.1, 0.15) is 0 Å². The Hall–Kier alpha value is -2.38. The number of aromatic nitrogens is 2. The topological polar surface area (TPSA) is 87.5 Å². The van der Waals surface area contributed by atoms with E-state index < -0.39 is 0 Å². The van der Waals surface area contributed by atoms with Gasteiger partial charge in [-0.25, -0.2) is 4.98 Å². The minimum absolute atomic E-state index is 0.0417. The zero-order valence-corrected chi connectivity index (χ0v) is 15.9. The standard InChI is InChI=1S/C19H27N5O3/c1-12(25)21-9-16-14-8-13(15-4-3-5-17(26)24(15)16)10-23(11-14)19(27)18-20-6-7-22(18)2/h6-7,13-16H,3-5,8-11H2,1-2H3,(H,21,25)/t13-,14+,15+,16+/m1/s1. The number of rotatable bonds is 3. The van der Waals surface area contributed by atoms with Crippen LogP contribution in [0.2, 0.25) is 0 Å². The van der Waals surface area contributed by atoms with Crippen LogP contribution in [0, 0.1) is 11.8 Å². The fourth-order valence-electron chi connectivity index (χ4n) is 5.16. The van der Waals surface area contributed by atoms with Crippen molar-refractivity contribution in [1.29, 1.82) is 0 Å². The molecule has 3 amide bonds. The van der Waals surface area contributed by atoms with Crippen molar-refractivity contribution in [3.63, 3.8) is 0 Å². The first-order valence-electron chi connectivity index (χ1n) is 9.78. The number of amides is 3. The van der Waals surface area contributed by atoms with Gasteiger partial charge < -0.3 is 19.7 Å². The molecule has 0 aromatic carbocycles. The zero-order chi connectivity index (χ0) is 19.1. The van der Waals surface area contributed by atoms with E-state index in [9.17, 15) is 14.4 Å². The molecule has 0 saturated carbocycles. The quantitative estimate of drug-likeness (QED) is 0.831. The van der Waals surface area contributed by atoms with Crippen LogP contribution in [0.25, 0.3) is 0 Å². The van der Waals surface area contributed by atoms with Crippen LogP contribution in [0.1, 0.15) is 43.2 Å². The Labute approximate surface area is 158 Å². The van der Waals surface area contributed by atoms with E-state index in [0.717, 1.165) is 19.3 Å². The van der Waals surface area contributed by atoms with Gasteiger partial charge in [0.15, 0.2) is 5.82 Å². The van der Waals surface area contributed by atoms with Gasteiger partial charge in [0, 0.05) is 58.5 Å². The molecule has 1 aromatic rings. The van der Waals surface area contributed by atoms with Crippen LogP contribution < -0.4 is 5.32 Å². The molecule has 8 nitrogen and oxygen atoms in total. The Morgan fingerprint density at radius 1 is 1.30 bits per heavy atom. The maximum atomic E-state index is 13.0. The van der Waals surface area contributed by atoms with Gasteiger partial charge in [-0.15, -0.1) is 0 Å². The molecule has 4 heterocycles. The molecule has 0 unspecified atom stereocenters. The second-order valence-corrected chi connectivity index (χ2v) is 8.09. The lowest BCUT2D eigenvalue weighted by Crippen LogP contribution is -2.67. The number of hydrogen-bond donors (Lipinski definition) is 1. The third kappa shape index (κ3) is 3.21. The first-order chi connectivity index (χ1) is 13.0. The summed E-state index contributed by atoms with van der Waals surface area (Å²) in [7, 11) is 1.83. The maximum absolute atomic E-state index is 13.0. The first kappa shape index (κ1) is 18.0. The van der Waals surface area contributed by atoms with Gasteiger partial charge in [0.05, 0.1) is 6.04 Å². The van der Waals surface area contributed by atoms with Gasteiger partial charge in [0.25, 0.3) is 5.91 Å². The number of hydrogen-bond acceptors (Lipinski definition) is 4. The van der Waals surface area contributed by atoms with E-state index >= 15 is 0 Å². The Morgan fingerprint density at radius 3 is 2.78 bits per heavy atom. The molecule has 3 fully saturated rings. The van der Waals surface area contributed by atoms with Gasteiger partial charge in [-0.3, -0.25) is 14.4 Å². The van der Waals surface area contributed by atoms with E-state index in [0.29, 0.717) is 37.8 Å². The van der Waals surface area contributed by atoms with Gasteiger partial charge >= 0.3 is 0 Å². The molecule has 4 rings (SSSR count). The van der Waals surface area contributed by atoms with Crippen molar-refractivity contribution in [2.24, 2.45) is 18.9 Å². The normalized spacial score (nSPS) is 30.1. The van der Waals surface area contributed by atoms with Crippen LogP contribution in [0.15, 0.2) is 12.4 Å². The van der Waals surface area contributed by atoms with Crippen LogP contribution in [0.5, 0.6) is 0 Å². The van der Waals surface area contributed by atoms with Crippen molar-refractivity contribution < 1.29 is 14.4 Å². The summed E-state index contributed by atoms with van der Waals surface area (Å²) in [6.45, 7) is 3.23. The van der Waals surface area contributed by atoms with Gasteiger partial charge in [0.2, 0.25) is 11.8 Å². The first-order valence-corrected chi connectivity index (χ1v) is 9.78. The van der Waals surface area contributed by atoms with Crippen molar-refractivity contribution in [2.75, 3.05) is 19.6 Å². The number of imidazole rings is 1. The summed E-state index contributed by atoms with van der Waals surface area (Å²) < 4.78 is 1.75. The molecule has 27 heavy (non-hydrogen) atoms. The summed E-state index contributed by atoms with van der Waals surface area (Å²) in [6, 6.07) is 0.123. The van der Waals surface area contributed by atoms with Crippen molar-refractivity contribution in [1.82, 2.24) is 24.7 Å². The zero-order valence-electron chi connectivity index (χ0n) is 15.9. The molecule has 2 bridgehead atoms. The summed E-state index contributed by atoms with van der Waals surface area (Å²) in [5.74, 6) is 0.981. The number of nitrogens with zero attached hydrogens (tertiary/aromatic N) is 4. The van der Waals surface area contributed by atoms with Crippen LogP contribution in [0.3, 0.4) is 0 Å². The van der Waals surface area contributed by atoms with E-state index in [1.165, 1.54) is 6.92 Å². The van der Waals surface area contributed by atoms with Gasteiger partial charge in [-0.05, 0) is 31.1 Å². The van der Waals surface area contributed by atoms with Crippen LogP contribution >= 0.6 is 0 Å². The third-order valence-electron chi connectivity index (χ3n) is 6.36. The molecule has 4 atom stereocenters. The minimum Gasteiger partial charge on any atom is -0.354 e. The van der Waals surface area contributed by atoms with Gasteiger partial charge in [-0.1, -0.05) is 0 Å². The summed E-state index contributed by atoms with van der Waals surface area (Å²) in [5.41, 5.74) is 0. The van der Waals surface area contributed by atoms with Crippen molar-refractivity contribution >= 4 is 17.7 Å². The van der Waals surface area contributed by atoms with Crippen molar-refractivity contribution in [2.45, 2.75) is 44.7 Å². The molecule has 3 aliphatic heterocycles. The van der Waals surface area contributed by atoms with Crippen LogP contribution in [0.4, 0.5) is 0 Å². The second kappa shape index (κ2) is 6.98. The van der Waals surface area contributed by atoms with Crippen LogP contribution in [-0.4, -0.2) is 68.8 Å². The second-order valence-electron chi connectivity index (χ2n) is 8.09. The molecule has 0 radical (unpaired) electrons. The summed E-state index contributed by atoms with van der Waals surface area (Å²) in [6.07, 6.45) is 6.88. The molecule has 1 aromatic heterocycles. The smallest absolute Gasteiger partial charge is 0.289 e. The average Bonchev–Trinajstić information content (AvgIpc) is 3.07. The Morgan fingerprint density at radius 2 is 2.07 bits per heavy atom. The molecular formula is C19H27N5O3. The molecular weight excluding hydrogens is 346 g/mol. The lowest BCUT2D eigenvalue weighted by atomic mass is 9.72. The van der Waals surface area contributed by atoms with E-state index in [2.05, 4.69) is 10.3 Å². The van der Waals surface area contributed by atoms with E-state index in [4.69, 9.17) is 0 Å². The third-order valence-corrected chi connectivity index (χ3v) is 6.36. The largest absolute Gasteiger partial charge is 0.354 e. The highest BCUT2D eigenvalue weighted by molar-refractivity contribution is 5.91. The molecule has 0 spiro atoms. The van der Waals surface area contributed by atoms with E-state index in [1.807, 2.05) is 16.8 Å². The van der Waals surface area contributed by atoms with E-state index in [1.54, 1.807) is 17.0 Å². The number of nitrogens with one attached hydrogen (secondary N) is 1. The number of piperidine rings is 3. The highest BCUT2D eigenvalue weighted by atomic mass is 16.2. The molecule has 146 valence electrons. The minimum atomic E-state index is -0.0881. The summed E-state index contributed by atoms with van der Waals surface area (Å²) >= 11 is 0. The van der Waals surface area contributed by atoms with Gasteiger partial charge in [-0.2, -0.15) is 0 Å². The highest BCUT2D eigenvalue weighted by Crippen LogP contribution is 2.41. The van der Waals surface area contributed by atoms with Crippen molar-refractivity contribution in [3.05, 3.63) is 18.2 Å². The Bertz CT molecular complexity index is 760. The average molecular weight is 373 g/mol. The Balaban J connectivity index is 1.59. The SMILES string of the molecule is CC(=O)NC[C@H]1[C@H]2C[C@H](CN(C(=O)c3nccn3C)C2)[C@@H]2CCCC(=O)N21. The number of carbonyl (C=O) groups excluding carboxylic acids is 3. The monoisotopic (exact) mass is 373 g/mol. The molecule has 1 N–H and O–H groups in total. The predicted molar refractivity (Wildman–Crippen MR) is 97.7 cm³/mol. The number of aryl methyl sites for hydroxylation is 1. The Kier molecular flexibility index (Phi) is 4.65. The number of carbonyl (C=O) groups is 3. The molecule has 3 saturated heterocycles. The molecule has 3 aliphatic rings. The van der Waals surface area contributed by atoms with Crippen LogP contribution in [-0.2, 0) is 16.6 Å². The molecule has 8 heteroatoms. The molecule has 0 aliphatic carbocycles. The lowest BCUT2D eigenvalue weighted by Gasteiger charge is -2.56. The summed E-state index contributed by atoms with van der Waals surface area (Å²) in [4.78, 5) is 45.3. The number of fused-ring (bicyclic) bond motifs is 4. The predicted octanol–water partition coefficient (Wildman–Crippen LogP) is 0.398.